The van der Waals surface area contributed by atoms with E-state index in [1.807, 2.05) is 0 Å². The minimum atomic E-state index is -1.59. The van der Waals surface area contributed by atoms with Gasteiger partial charge in [-0.15, -0.1) is 0 Å². The molecule has 0 aromatic carbocycles. The molecule has 1 aliphatic heterocycles. The molecule has 10 heteroatoms. The summed E-state index contributed by atoms with van der Waals surface area (Å²) in [6.45, 7) is 3.40. The van der Waals surface area contributed by atoms with Crippen LogP contribution in [-0.4, -0.2) is 89.0 Å². The maximum atomic E-state index is 12.7. The van der Waals surface area contributed by atoms with E-state index in [0.717, 1.165) is 51.4 Å². The topological polar surface area (TPSA) is 152 Å². The molecular formula is C41H76O10. The van der Waals surface area contributed by atoms with Crippen molar-refractivity contribution in [2.75, 3.05) is 19.8 Å². The number of aliphatic hydroxyl groups is 4. The molecule has 1 saturated heterocycles. The molecule has 10 nitrogen and oxygen atoms in total. The summed E-state index contributed by atoms with van der Waals surface area (Å²) in [5.74, 6) is -0.812. The number of ether oxygens (including phenoxy) is 4. The summed E-state index contributed by atoms with van der Waals surface area (Å²) in [5.41, 5.74) is 0. The Kier molecular flexibility index (Phi) is 30.7. The first-order chi connectivity index (χ1) is 24.8. The van der Waals surface area contributed by atoms with Gasteiger partial charge in [0.25, 0.3) is 0 Å². The Labute approximate surface area is 310 Å². The van der Waals surface area contributed by atoms with Crippen LogP contribution in [0.2, 0.25) is 0 Å². The van der Waals surface area contributed by atoms with Crippen molar-refractivity contribution in [1.82, 2.24) is 0 Å². The van der Waals surface area contributed by atoms with Crippen LogP contribution < -0.4 is 0 Å². The first kappa shape index (κ1) is 47.5. The highest BCUT2D eigenvalue weighted by Gasteiger charge is 2.44. The Hall–Kier alpha value is -1.56. The van der Waals surface area contributed by atoms with Gasteiger partial charge in [-0.2, -0.15) is 0 Å². The smallest absolute Gasteiger partial charge is 0.306 e. The summed E-state index contributed by atoms with van der Waals surface area (Å²) >= 11 is 0. The zero-order valence-electron chi connectivity index (χ0n) is 32.4. The second-order valence-corrected chi connectivity index (χ2v) is 14.4. The molecular weight excluding hydrogens is 652 g/mol. The Morgan fingerprint density at radius 1 is 0.588 bits per heavy atom. The number of rotatable bonds is 34. The largest absolute Gasteiger partial charge is 0.462 e. The standard InChI is InChI=1S/C41H76O10/c1-3-5-7-9-11-13-15-16-17-18-20-22-24-26-28-30-37(44)50-34(33-49-41-40(47)39(46)38(45)35(31-42)51-41)32-48-36(43)29-27-25-23-21-19-14-12-10-8-6-4-2/h16-17,34-35,38-42,45-47H,3-15,18-33H2,1-2H3/b17-16+/t34-,35-,38+,39?,40?,41-/m1/s1. The van der Waals surface area contributed by atoms with Crippen molar-refractivity contribution >= 4 is 11.9 Å². The molecule has 0 aromatic heterocycles. The number of aliphatic hydroxyl groups excluding tert-OH is 4. The number of hydrogen-bond donors (Lipinski definition) is 4. The fourth-order valence-electron chi connectivity index (χ4n) is 6.30. The average molecular weight is 729 g/mol. The van der Waals surface area contributed by atoms with E-state index in [2.05, 4.69) is 26.0 Å². The van der Waals surface area contributed by atoms with E-state index >= 15 is 0 Å². The van der Waals surface area contributed by atoms with Gasteiger partial charge >= 0.3 is 11.9 Å². The average Bonchev–Trinajstić information content (AvgIpc) is 3.13. The number of hydrogen-bond acceptors (Lipinski definition) is 10. The van der Waals surface area contributed by atoms with Gasteiger partial charge in [-0.05, 0) is 38.5 Å². The van der Waals surface area contributed by atoms with Gasteiger partial charge in [0.15, 0.2) is 12.4 Å². The maximum Gasteiger partial charge on any atom is 0.306 e. The lowest BCUT2D eigenvalue weighted by Gasteiger charge is -2.39. The van der Waals surface area contributed by atoms with Crippen LogP contribution in [0.3, 0.4) is 0 Å². The lowest BCUT2D eigenvalue weighted by molar-refractivity contribution is -0.305. The first-order valence-electron chi connectivity index (χ1n) is 20.8. The van der Waals surface area contributed by atoms with E-state index in [1.165, 1.54) is 96.3 Å². The lowest BCUT2D eigenvalue weighted by Crippen LogP contribution is -2.59. The van der Waals surface area contributed by atoms with E-state index < -0.39 is 49.4 Å². The van der Waals surface area contributed by atoms with Crippen molar-refractivity contribution in [3.05, 3.63) is 12.2 Å². The van der Waals surface area contributed by atoms with Gasteiger partial charge in [0, 0.05) is 12.8 Å². The molecule has 1 rings (SSSR count). The third-order valence-electron chi connectivity index (χ3n) is 9.65. The zero-order chi connectivity index (χ0) is 37.4. The second kappa shape index (κ2) is 33.0. The quantitative estimate of drug-likeness (QED) is 0.0291. The molecule has 2 unspecified atom stereocenters. The number of allylic oxidation sites excluding steroid dienone is 2. The van der Waals surface area contributed by atoms with Crippen molar-refractivity contribution in [2.45, 2.75) is 218 Å². The Balaban J connectivity index is 2.37. The maximum absolute atomic E-state index is 12.7. The molecule has 51 heavy (non-hydrogen) atoms. The van der Waals surface area contributed by atoms with Gasteiger partial charge in [-0.3, -0.25) is 9.59 Å². The number of esters is 2. The van der Waals surface area contributed by atoms with Crippen LogP contribution in [0.15, 0.2) is 12.2 Å². The van der Waals surface area contributed by atoms with Gasteiger partial charge in [0.1, 0.15) is 31.0 Å². The molecule has 4 N–H and O–H groups in total. The Morgan fingerprint density at radius 3 is 1.53 bits per heavy atom. The first-order valence-corrected chi connectivity index (χ1v) is 20.8. The van der Waals surface area contributed by atoms with Crippen LogP contribution in [-0.2, 0) is 28.5 Å². The number of carbonyl (C=O) groups excluding carboxylic acids is 2. The van der Waals surface area contributed by atoms with Crippen LogP contribution in [0.25, 0.3) is 0 Å². The van der Waals surface area contributed by atoms with Crippen LogP contribution in [0.1, 0.15) is 181 Å². The van der Waals surface area contributed by atoms with Crippen molar-refractivity contribution in [2.24, 2.45) is 0 Å². The third kappa shape index (κ3) is 25.2. The third-order valence-corrected chi connectivity index (χ3v) is 9.65. The van der Waals surface area contributed by atoms with Crippen LogP contribution in [0.4, 0.5) is 0 Å². The number of unbranched alkanes of at least 4 members (excludes halogenated alkanes) is 21. The van der Waals surface area contributed by atoms with Crippen molar-refractivity contribution in [3.63, 3.8) is 0 Å². The van der Waals surface area contributed by atoms with Crippen LogP contribution in [0.5, 0.6) is 0 Å². The molecule has 0 spiro atoms. The Bertz CT molecular complexity index is 850. The zero-order valence-corrected chi connectivity index (χ0v) is 32.4. The van der Waals surface area contributed by atoms with Crippen molar-refractivity contribution in [3.8, 4) is 0 Å². The van der Waals surface area contributed by atoms with Gasteiger partial charge < -0.3 is 39.4 Å². The SMILES string of the molecule is CCCCCCCC/C=C/CCCCCCCC(=O)O[C@H](COC(=O)CCCCCCCCCCCCC)CO[C@@H]1O[C@H](CO)[C@H](O)C(O)C1O. The highest BCUT2D eigenvalue weighted by molar-refractivity contribution is 5.70. The second-order valence-electron chi connectivity index (χ2n) is 14.4. The lowest BCUT2D eigenvalue weighted by atomic mass is 9.99. The highest BCUT2D eigenvalue weighted by atomic mass is 16.7. The summed E-state index contributed by atoms with van der Waals surface area (Å²) in [5, 5.41) is 39.9. The summed E-state index contributed by atoms with van der Waals surface area (Å²) in [4.78, 5) is 25.2. The molecule has 6 atom stereocenters. The van der Waals surface area contributed by atoms with E-state index in [4.69, 9.17) is 18.9 Å². The minimum Gasteiger partial charge on any atom is -0.462 e. The molecule has 0 aliphatic carbocycles. The molecule has 300 valence electrons. The highest BCUT2D eigenvalue weighted by Crippen LogP contribution is 2.22. The van der Waals surface area contributed by atoms with Crippen LogP contribution in [0, 0.1) is 0 Å². The predicted molar refractivity (Wildman–Crippen MR) is 201 cm³/mol. The molecule has 0 saturated carbocycles. The van der Waals surface area contributed by atoms with Gasteiger partial charge in [0.2, 0.25) is 0 Å². The Morgan fingerprint density at radius 2 is 1.04 bits per heavy atom. The van der Waals surface area contributed by atoms with Gasteiger partial charge in [-0.1, -0.05) is 142 Å². The molecule has 1 fully saturated rings. The van der Waals surface area contributed by atoms with Crippen molar-refractivity contribution in [1.29, 1.82) is 0 Å². The summed E-state index contributed by atoms with van der Waals surface area (Å²) in [6.07, 6.45) is 25.0. The van der Waals surface area contributed by atoms with Gasteiger partial charge in [0.05, 0.1) is 13.2 Å². The monoisotopic (exact) mass is 729 g/mol. The van der Waals surface area contributed by atoms with Gasteiger partial charge in [-0.25, -0.2) is 0 Å². The fraction of sp³-hybridized carbons (Fsp3) is 0.902. The summed E-state index contributed by atoms with van der Waals surface area (Å²) < 4.78 is 22.1. The van der Waals surface area contributed by atoms with E-state index in [1.54, 1.807) is 0 Å². The van der Waals surface area contributed by atoms with Crippen molar-refractivity contribution < 1.29 is 49.0 Å². The molecule has 0 aromatic rings. The molecule has 0 bridgehead atoms. The number of carbonyl (C=O) groups is 2. The fourth-order valence-corrected chi connectivity index (χ4v) is 6.30. The molecule has 1 heterocycles. The van der Waals surface area contributed by atoms with E-state index in [0.29, 0.717) is 6.42 Å². The normalized spacial score (nSPS) is 21.3. The summed E-state index contributed by atoms with van der Waals surface area (Å²) in [7, 11) is 0. The molecule has 0 amide bonds. The molecule has 1 aliphatic rings. The predicted octanol–water partition coefficient (Wildman–Crippen LogP) is 8.00. The van der Waals surface area contributed by atoms with E-state index in [-0.39, 0.29) is 32.0 Å². The minimum absolute atomic E-state index is 0.216. The summed E-state index contributed by atoms with van der Waals surface area (Å²) in [6, 6.07) is 0. The van der Waals surface area contributed by atoms with Crippen LogP contribution >= 0.6 is 0 Å². The van der Waals surface area contributed by atoms with E-state index in [9.17, 15) is 30.0 Å². The molecule has 0 radical (unpaired) electrons.